The van der Waals surface area contributed by atoms with E-state index in [9.17, 15) is 10.1 Å². The van der Waals surface area contributed by atoms with Crippen LogP contribution in [0.5, 0.6) is 0 Å². The molecule has 7 nitrogen and oxygen atoms in total. The first-order chi connectivity index (χ1) is 9.92. The fourth-order valence-electron chi connectivity index (χ4n) is 2.85. The van der Waals surface area contributed by atoms with Crippen molar-refractivity contribution in [2.75, 3.05) is 25.6 Å². The van der Waals surface area contributed by atoms with Crippen LogP contribution in [0.3, 0.4) is 0 Å². The van der Waals surface area contributed by atoms with Crippen molar-refractivity contribution in [3.63, 3.8) is 0 Å². The van der Waals surface area contributed by atoms with Gasteiger partial charge in [-0.15, -0.1) is 0 Å². The van der Waals surface area contributed by atoms with Crippen molar-refractivity contribution in [3.05, 3.63) is 33.9 Å². The van der Waals surface area contributed by atoms with E-state index in [1.807, 2.05) is 6.07 Å². The summed E-state index contributed by atoms with van der Waals surface area (Å²) in [5.41, 5.74) is 3.66. The second-order valence-corrected chi connectivity index (χ2v) is 5.81. The number of benzene rings is 1. The molecule has 2 unspecified atom stereocenters. The summed E-state index contributed by atoms with van der Waals surface area (Å²) in [6.45, 7) is 7.05. The van der Waals surface area contributed by atoms with Gasteiger partial charge < -0.3 is 5.43 Å². The third-order valence-corrected chi connectivity index (χ3v) is 4.26. The van der Waals surface area contributed by atoms with E-state index in [0.717, 1.165) is 18.7 Å². The smallest absolute Gasteiger partial charge is 0.293 e. The second kappa shape index (κ2) is 6.38. The lowest BCUT2D eigenvalue weighted by atomic mass is 10.1. The lowest BCUT2D eigenvalue weighted by molar-refractivity contribution is -0.384. The van der Waals surface area contributed by atoms with Gasteiger partial charge in [-0.05, 0) is 32.5 Å². The summed E-state index contributed by atoms with van der Waals surface area (Å²) < 4.78 is 0. The molecule has 0 saturated carbocycles. The first kappa shape index (κ1) is 15.7. The number of hydrazine groups is 1. The van der Waals surface area contributed by atoms with Crippen molar-refractivity contribution in [2.24, 2.45) is 5.84 Å². The standard InChI is InChI=1S/C14H23N5O2/c1-10-7-18(8-11(2)17(10)3)9-12-4-5-13(16-15)14(6-12)19(20)21/h4-6,10-11,16H,7-9,15H2,1-3H3. The lowest BCUT2D eigenvalue weighted by Crippen LogP contribution is -2.54. The summed E-state index contributed by atoms with van der Waals surface area (Å²) in [6.07, 6.45) is 0. The molecule has 0 bridgehead atoms. The van der Waals surface area contributed by atoms with Crippen LogP contribution in [0, 0.1) is 10.1 Å². The first-order valence-corrected chi connectivity index (χ1v) is 7.10. The molecule has 0 radical (unpaired) electrons. The van der Waals surface area contributed by atoms with Crippen LogP contribution in [-0.4, -0.2) is 46.9 Å². The zero-order valence-corrected chi connectivity index (χ0v) is 12.7. The van der Waals surface area contributed by atoms with Crippen molar-refractivity contribution >= 4 is 11.4 Å². The molecule has 116 valence electrons. The van der Waals surface area contributed by atoms with Crippen LogP contribution in [0.15, 0.2) is 18.2 Å². The van der Waals surface area contributed by atoms with Crippen molar-refractivity contribution in [1.82, 2.24) is 9.80 Å². The van der Waals surface area contributed by atoms with Gasteiger partial charge in [0.25, 0.3) is 5.69 Å². The molecule has 1 aromatic rings. The minimum atomic E-state index is -0.409. The summed E-state index contributed by atoms with van der Waals surface area (Å²) in [6, 6.07) is 6.11. The van der Waals surface area contributed by atoms with Crippen molar-refractivity contribution < 1.29 is 4.92 Å². The Hall–Kier alpha value is -1.70. The van der Waals surface area contributed by atoms with E-state index in [4.69, 9.17) is 5.84 Å². The maximum atomic E-state index is 11.1. The molecule has 0 aromatic heterocycles. The van der Waals surface area contributed by atoms with Gasteiger partial charge in [-0.1, -0.05) is 6.07 Å². The largest absolute Gasteiger partial charge is 0.318 e. The molecule has 2 rings (SSSR count). The van der Waals surface area contributed by atoms with Crippen LogP contribution in [-0.2, 0) is 6.54 Å². The molecule has 1 saturated heterocycles. The molecule has 1 heterocycles. The molecule has 1 fully saturated rings. The average molecular weight is 293 g/mol. The van der Waals surface area contributed by atoms with Gasteiger partial charge in [0, 0.05) is 37.8 Å². The van der Waals surface area contributed by atoms with E-state index < -0.39 is 4.92 Å². The van der Waals surface area contributed by atoms with Gasteiger partial charge in [0.1, 0.15) is 5.69 Å². The zero-order chi connectivity index (χ0) is 15.6. The molecular weight excluding hydrogens is 270 g/mol. The molecule has 0 spiro atoms. The Kier molecular flexibility index (Phi) is 4.76. The van der Waals surface area contributed by atoms with E-state index in [0.29, 0.717) is 24.3 Å². The number of piperazine rings is 1. The Bertz CT molecular complexity index is 510. The molecule has 1 aliphatic rings. The summed E-state index contributed by atoms with van der Waals surface area (Å²) in [5, 5.41) is 11.1. The second-order valence-electron chi connectivity index (χ2n) is 5.81. The number of hydrogen-bond donors (Lipinski definition) is 2. The number of nitrogens with one attached hydrogen (secondary N) is 1. The monoisotopic (exact) mass is 293 g/mol. The van der Waals surface area contributed by atoms with Crippen molar-refractivity contribution in [3.8, 4) is 0 Å². The minimum absolute atomic E-state index is 0.0187. The Morgan fingerprint density at radius 2 is 2.00 bits per heavy atom. The molecular formula is C14H23N5O2. The molecule has 1 aliphatic heterocycles. The minimum Gasteiger partial charge on any atom is -0.318 e. The highest BCUT2D eigenvalue weighted by molar-refractivity contribution is 5.61. The third-order valence-electron chi connectivity index (χ3n) is 4.26. The van der Waals surface area contributed by atoms with Crippen LogP contribution < -0.4 is 11.3 Å². The van der Waals surface area contributed by atoms with Gasteiger partial charge in [0.05, 0.1) is 4.92 Å². The van der Waals surface area contributed by atoms with Crippen LogP contribution in [0.1, 0.15) is 19.4 Å². The predicted molar refractivity (Wildman–Crippen MR) is 82.9 cm³/mol. The Balaban J connectivity index is 2.13. The van der Waals surface area contributed by atoms with E-state index in [-0.39, 0.29) is 5.69 Å². The van der Waals surface area contributed by atoms with Gasteiger partial charge in [0.2, 0.25) is 0 Å². The van der Waals surface area contributed by atoms with Crippen LogP contribution in [0.25, 0.3) is 0 Å². The molecule has 1 aromatic carbocycles. The quantitative estimate of drug-likeness (QED) is 0.496. The number of nitrogens with two attached hydrogens (primary N) is 1. The number of hydrogen-bond acceptors (Lipinski definition) is 6. The van der Waals surface area contributed by atoms with Gasteiger partial charge in [0.15, 0.2) is 0 Å². The summed E-state index contributed by atoms with van der Waals surface area (Å²) in [4.78, 5) is 15.4. The Morgan fingerprint density at radius 3 is 2.52 bits per heavy atom. The van der Waals surface area contributed by atoms with E-state index in [2.05, 4.69) is 36.1 Å². The maximum Gasteiger partial charge on any atom is 0.293 e. The number of nitrogens with zero attached hydrogens (tertiary/aromatic N) is 3. The van der Waals surface area contributed by atoms with Crippen LogP contribution >= 0.6 is 0 Å². The van der Waals surface area contributed by atoms with Crippen LogP contribution in [0.2, 0.25) is 0 Å². The highest BCUT2D eigenvalue weighted by Crippen LogP contribution is 2.26. The van der Waals surface area contributed by atoms with Crippen molar-refractivity contribution in [1.29, 1.82) is 0 Å². The molecule has 0 amide bonds. The van der Waals surface area contributed by atoms with Gasteiger partial charge in [-0.25, -0.2) is 0 Å². The van der Waals surface area contributed by atoms with E-state index in [1.54, 1.807) is 12.1 Å². The summed E-state index contributed by atoms with van der Waals surface area (Å²) in [5.74, 6) is 5.30. The van der Waals surface area contributed by atoms with Gasteiger partial charge in [-0.3, -0.25) is 25.8 Å². The molecule has 0 aliphatic carbocycles. The molecule has 3 N–H and O–H groups in total. The van der Waals surface area contributed by atoms with E-state index >= 15 is 0 Å². The number of anilines is 1. The third kappa shape index (κ3) is 3.49. The van der Waals surface area contributed by atoms with Gasteiger partial charge in [-0.2, -0.15) is 0 Å². The zero-order valence-electron chi connectivity index (χ0n) is 12.7. The number of nitrogen functional groups attached to an aromatic ring is 1. The Labute approximate surface area is 124 Å². The number of rotatable bonds is 4. The predicted octanol–water partition coefficient (Wildman–Crippen LogP) is 1.40. The average Bonchev–Trinajstić information content (AvgIpc) is 2.44. The number of nitro groups is 1. The lowest BCUT2D eigenvalue weighted by Gasteiger charge is -2.42. The highest BCUT2D eigenvalue weighted by atomic mass is 16.6. The Morgan fingerprint density at radius 1 is 1.38 bits per heavy atom. The molecule has 2 atom stereocenters. The fourth-order valence-corrected chi connectivity index (χ4v) is 2.85. The number of likely N-dealkylation sites (N-methyl/N-ethyl adjacent to an activating group) is 1. The van der Waals surface area contributed by atoms with E-state index in [1.165, 1.54) is 0 Å². The maximum absolute atomic E-state index is 11.1. The molecule has 21 heavy (non-hydrogen) atoms. The summed E-state index contributed by atoms with van der Waals surface area (Å²) >= 11 is 0. The van der Waals surface area contributed by atoms with Crippen LogP contribution in [0.4, 0.5) is 11.4 Å². The first-order valence-electron chi connectivity index (χ1n) is 7.10. The topological polar surface area (TPSA) is 87.7 Å². The molecule has 7 heteroatoms. The van der Waals surface area contributed by atoms with Crippen molar-refractivity contribution in [2.45, 2.75) is 32.5 Å². The normalized spacial score (nSPS) is 24.0. The van der Waals surface area contributed by atoms with Gasteiger partial charge >= 0.3 is 0 Å². The number of nitro benzene ring substituents is 1. The SMILES string of the molecule is CC1CN(Cc2ccc(NN)c([N+](=O)[O-])c2)CC(C)N1C. The summed E-state index contributed by atoms with van der Waals surface area (Å²) in [7, 11) is 2.14. The fraction of sp³-hybridized carbons (Fsp3) is 0.571. The highest BCUT2D eigenvalue weighted by Gasteiger charge is 2.26.